The van der Waals surface area contributed by atoms with Gasteiger partial charge in [0.1, 0.15) is 11.6 Å². The number of amides is 1. The average molecular weight is 361 g/mol. The van der Waals surface area contributed by atoms with E-state index in [0.29, 0.717) is 5.56 Å². The van der Waals surface area contributed by atoms with Gasteiger partial charge in [0.25, 0.3) is 5.91 Å². The van der Waals surface area contributed by atoms with Crippen molar-refractivity contribution < 1.29 is 13.6 Å². The van der Waals surface area contributed by atoms with Crippen molar-refractivity contribution in [3.63, 3.8) is 0 Å². The molecule has 2 rings (SSSR count). The Balaban J connectivity index is 2.36. The summed E-state index contributed by atoms with van der Waals surface area (Å²) < 4.78 is 27.2. The van der Waals surface area contributed by atoms with E-state index in [1.165, 1.54) is 6.07 Å². The summed E-state index contributed by atoms with van der Waals surface area (Å²) in [6.07, 6.45) is 0. The van der Waals surface area contributed by atoms with Gasteiger partial charge in [-0.3, -0.25) is 4.79 Å². The predicted molar refractivity (Wildman–Crippen MR) is 78.2 cm³/mol. The van der Waals surface area contributed by atoms with Crippen LogP contribution in [0.25, 0.3) is 0 Å². The number of anilines is 1. The van der Waals surface area contributed by atoms with Crippen molar-refractivity contribution in [1.82, 2.24) is 0 Å². The van der Waals surface area contributed by atoms with Crippen LogP contribution in [0.15, 0.2) is 34.8 Å². The van der Waals surface area contributed by atoms with Crippen LogP contribution in [0.3, 0.4) is 0 Å². The Morgan fingerprint density at radius 2 is 2.00 bits per heavy atom. The van der Waals surface area contributed by atoms with Crippen molar-refractivity contribution in [3.05, 3.63) is 62.6 Å². The molecule has 20 heavy (non-hydrogen) atoms. The van der Waals surface area contributed by atoms with E-state index in [2.05, 4.69) is 21.2 Å². The van der Waals surface area contributed by atoms with Crippen LogP contribution < -0.4 is 5.32 Å². The Bertz CT molecular complexity index is 668. The Hall–Kier alpha value is -1.46. The molecule has 104 valence electrons. The van der Waals surface area contributed by atoms with Gasteiger partial charge in [-0.1, -0.05) is 23.7 Å². The number of nitrogens with one attached hydrogen (secondary N) is 1. The highest BCUT2D eigenvalue weighted by Gasteiger charge is 2.16. The molecule has 0 spiro atoms. The molecule has 2 aromatic rings. The second-order valence-corrected chi connectivity index (χ2v) is 5.40. The first kappa shape index (κ1) is 14.9. The van der Waals surface area contributed by atoms with Crippen molar-refractivity contribution in [2.45, 2.75) is 6.92 Å². The molecule has 0 aliphatic carbocycles. The van der Waals surface area contributed by atoms with E-state index >= 15 is 0 Å². The van der Waals surface area contributed by atoms with Gasteiger partial charge in [0.05, 0.1) is 16.3 Å². The summed E-state index contributed by atoms with van der Waals surface area (Å²) in [5, 5.41) is 2.49. The third-order valence-corrected chi connectivity index (χ3v) is 3.61. The molecule has 0 atom stereocenters. The highest BCUT2D eigenvalue weighted by molar-refractivity contribution is 9.10. The molecule has 0 saturated carbocycles. The molecule has 0 unspecified atom stereocenters. The molecular weight excluding hydrogens is 352 g/mol. The van der Waals surface area contributed by atoms with Gasteiger partial charge in [-0.15, -0.1) is 0 Å². The lowest BCUT2D eigenvalue weighted by Gasteiger charge is -2.11. The second-order valence-electron chi connectivity index (χ2n) is 4.14. The van der Waals surface area contributed by atoms with E-state index in [-0.39, 0.29) is 20.7 Å². The third-order valence-electron chi connectivity index (χ3n) is 2.68. The van der Waals surface area contributed by atoms with Gasteiger partial charge in [0.15, 0.2) is 0 Å². The van der Waals surface area contributed by atoms with Crippen LogP contribution in [-0.4, -0.2) is 5.91 Å². The lowest BCUT2D eigenvalue weighted by atomic mass is 10.1. The van der Waals surface area contributed by atoms with Gasteiger partial charge in [-0.05, 0) is 46.6 Å². The molecule has 0 bridgehead atoms. The highest BCUT2D eigenvalue weighted by atomic mass is 79.9. The van der Waals surface area contributed by atoms with Gasteiger partial charge in [0.2, 0.25) is 0 Å². The number of aryl methyl sites for hydroxylation is 1. The first-order chi connectivity index (χ1) is 9.40. The van der Waals surface area contributed by atoms with Crippen LogP contribution in [0.2, 0.25) is 5.02 Å². The Labute approximate surface area is 127 Å². The average Bonchev–Trinajstić information content (AvgIpc) is 2.36. The molecule has 0 aliphatic rings. The quantitative estimate of drug-likeness (QED) is 0.807. The molecule has 6 heteroatoms. The number of carbonyl (C=O) groups is 1. The molecule has 1 amide bonds. The lowest BCUT2D eigenvalue weighted by molar-refractivity contribution is 0.102. The van der Waals surface area contributed by atoms with Crippen LogP contribution in [0.5, 0.6) is 0 Å². The zero-order valence-electron chi connectivity index (χ0n) is 10.3. The smallest absolute Gasteiger partial charge is 0.258 e. The number of halogens is 4. The molecule has 0 fully saturated rings. The van der Waals surface area contributed by atoms with E-state index in [1.54, 1.807) is 19.1 Å². The Kier molecular flexibility index (Phi) is 4.40. The minimum Gasteiger partial charge on any atom is -0.320 e. The molecule has 0 saturated heterocycles. The van der Waals surface area contributed by atoms with Crippen LogP contribution in [-0.2, 0) is 0 Å². The summed E-state index contributed by atoms with van der Waals surface area (Å²) in [4.78, 5) is 12.1. The van der Waals surface area contributed by atoms with Gasteiger partial charge in [-0.25, -0.2) is 8.78 Å². The van der Waals surface area contributed by atoms with Gasteiger partial charge < -0.3 is 5.32 Å². The van der Waals surface area contributed by atoms with Crippen LogP contribution in [0.1, 0.15) is 15.9 Å². The Morgan fingerprint density at radius 1 is 1.30 bits per heavy atom. The molecule has 0 aromatic heterocycles. The van der Waals surface area contributed by atoms with E-state index in [0.717, 1.165) is 12.1 Å². The summed E-state index contributed by atoms with van der Waals surface area (Å²) in [7, 11) is 0. The second kappa shape index (κ2) is 5.89. The van der Waals surface area contributed by atoms with Crippen molar-refractivity contribution in [3.8, 4) is 0 Å². The minimum absolute atomic E-state index is 0.0262. The standard InChI is InChI=1S/C14H9BrClF2NO/c1-7-3-2-4-9(12(7)18)14(20)19-13-10(15)5-8(17)6-11(13)16/h2-6H,1H3,(H,19,20). The van der Waals surface area contributed by atoms with E-state index < -0.39 is 17.5 Å². The number of rotatable bonds is 2. The summed E-state index contributed by atoms with van der Waals surface area (Å²) in [6, 6.07) is 6.73. The van der Waals surface area contributed by atoms with E-state index in [9.17, 15) is 13.6 Å². The molecular formula is C14H9BrClF2NO. The largest absolute Gasteiger partial charge is 0.320 e. The summed E-state index contributed by atoms with van der Waals surface area (Å²) in [5.74, 6) is -1.79. The topological polar surface area (TPSA) is 29.1 Å². The zero-order chi connectivity index (χ0) is 14.9. The van der Waals surface area contributed by atoms with Gasteiger partial charge >= 0.3 is 0 Å². The fourth-order valence-electron chi connectivity index (χ4n) is 1.67. The fraction of sp³-hybridized carbons (Fsp3) is 0.0714. The number of carbonyl (C=O) groups excluding carboxylic acids is 1. The van der Waals surface area contributed by atoms with Crippen LogP contribution in [0, 0.1) is 18.6 Å². The van der Waals surface area contributed by atoms with Crippen molar-refractivity contribution in [2.75, 3.05) is 5.32 Å². The third kappa shape index (κ3) is 2.99. The van der Waals surface area contributed by atoms with E-state index in [4.69, 9.17) is 11.6 Å². The monoisotopic (exact) mass is 359 g/mol. The number of hydrogen-bond acceptors (Lipinski definition) is 1. The molecule has 2 aromatic carbocycles. The molecule has 0 aliphatic heterocycles. The van der Waals surface area contributed by atoms with Crippen molar-refractivity contribution in [1.29, 1.82) is 0 Å². The molecule has 2 nitrogen and oxygen atoms in total. The first-order valence-corrected chi connectivity index (χ1v) is 6.78. The molecule has 0 radical (unpaired) electrons. The SMILES string of the molecule is Cc1cccc(C(=O)Nc2c(Cl)cc(F)cc2Br)c1F. The van der Waals surface area contributed by atoms with E-state index in [1.807, 2.05) is 0 Å². The molecule has 0 heterocycles. The zero-order valence-corrected chi connectivity index (χ0v) is 12.6. The maximum Gasteiger partial charge on any atom is 0.258 e. The fourth-order valence-corrected chi connectivity index (χ4v) is 2.56. The van der Waals surface area contributed by atoms with Gasteiger partial charge in [0, 0.05) is 4.47 Å². The highest BCUT2D eigenvalue weighted by Crippen LogP contribution is 2.32. The number of hydrogen-bond donors (Lipinski definition) is 1. The van der Waals surface area contributed by atoms with Crippen LogP contribution >= 0.6 is 27.5 Å². The summed E-state index contributed by atoms with van der Waals surface area (Å²) in [6.45, 7) is 1.56. The van der Waals surface area contributed by atoms with Crippen molar-refractivity contribution >= 4 is 39.1 Å². The maximum absolute atomic E-state index is 13.9. The maximum atomic E-state index is 13.9. The minimum atomic E-state index is -0.652. The van der Waals surface area contributed by atoms with Gasteiger partial charge in [-0.2, -0.15) is 0 Å². The number of benzene rings is 2. The van der Waals surface area contributed by atoms with Crippen molar-refractivity contribution in [2.24, 2.45) is 0 Å². The first-order valence-electron chi connectivity index (χ1n) is 5.61. The van der Waals surface area contributed by atoms with Crippen LogP contribution in [0.4, 0.5) is 14.5 Å². The summed E-state index contributed by atoms with van der Waals surface area (Å²) in [5.41, 5.74) is 0.457. The lowest BCUT2D eigenvalue weighted by Crippen LogP contribution is -2.15. The Morgan fingerprint density at radius 3 is 2.65 bits per heavy atom. The molecule has 1 N–H and O–H groups in total. The predicted octanol–water partition coefficient (Wildman–Crippen LogP) is 4.94. The summed E-state index contributed by atoms with van der Waals surface area (Å²) >= 11 is 8.96. The normalized spacial score (nSPS) is 10.4.